The van der Waals surface area contributed by atoms with Gasteiger partial charge in [0.15, 0.2) is 0 Å². The number of ether oxygens (including phenoxy) is 1. The Bertz CT molecular complexity index is 1330. The minimum absolute atomic E-state index is 0.124. The van der Waals surface area contributed by atoms with Crippen molar-refractivity contribution in [3.63, 3.8) is 0 Å². The fourth-order valence-corrected chi connectivity index (χ4v) is 5.88. The van der Waals surface area contributed by atoms with Crippen LogP contribution in [0.15, 0.2) is 47.4 Å². The lowest BCUT2D eigenvalue weighted by atomic mass is 9.94. The molecular weight excluding hydrogens is 476 g/mol. The van der Waals surface area contributed by atoms with Crippen LogP contribution < -0.4 is 10.0 Å². The number of aromatic nitrogens is 2. The van der Waals surface area contributed by atoms with Gasteiger partial charge in [-0.2, -0.15) is 0 Å². The zero-order valence-electron chi connectivity index (χ0n) is 21.7. The lowest BCUT2D eigenvalue weighted by Gasteiger charge is -2.26. The number of hydrogen-bond donors (Lipinski definition) is 2. The summed E-state index contributed by atoms with van der Waals surface area (Å²) in [5.41, 5.74) is 3.21. The van der Waals surface area contributed by atoms with Crippen molar-refractivity contribution in [2.75, 3.05) is 18.5 Å². The van der Waals surface area contributed by atoms with Gasteiger partial charge in [0.25, 0.3) is 0 Å². The molecule has 3 aromatic rings. The van der Waals surface area contributed by atoms with Crippen LogP contribution in [0.4, 0.5) is 5.69 Å². The fourth-order valence-electron chi connectivity index (χ4n) is 4.65. The Morgan fingerprint density at radius 3 is 2.42 bits per heavy atom. The van der Waals surface area contributed by atoms with E-state index < -0.39 is 16.1 Å². The predicted molar refractivity (Wildman–Crippen MR) is 141 cm³/mol. The second-order valence-corrected chi connectivity index (χ2v) is 12.4. The average molecular weight is 513 g/mol. The molecule has 0 aliphatic carbocycles. The molecule has 4 rings (SSSR count). The molecule has 0 radical (unpaired) electrons. The van der Waals surface area contributed by atoms with Crippen LogP contribution in [0.25, 0.3) is 11.0 Å². The number of carbonyl (C=O) groups excluding carboxylic acids is 1. The number of hydrogen-bond acceptors (Lipinski definition) is 5. The Morgan fingerprint density at radius 2 is 1.81 bits per heavy atom. The summed E-state index contributed by atoms with van der Waals surface area (Å²) in [6.45, 7) is 12.3. The molecular formula is C27H36N4O4S. The van der Waals surface area contributed by atoms with E-state index in [1.165, 1.54) is 19.1 Å². The molecule has 36 heavy (non-hydrogen) atoms. The molecule has 2 heterocycles. The first-order valence-corrected chi connectivity index (χ1v) is 13.9. The minimum Gasteiger partial charge on any atom is -0.381 e. The van der Waals surface area contributed by atoms with Gasteiger partial charge in [0.05, 0.1) is 15.9 Å². The van der Waals surface area contributed by atoms with Gasteiger partial charge in [-0.05, 0) is 67.6 Å². The quantitative estimate of drug-likeness (QED) is 0.475. The van der Waals surface area contributed by atoms with Gasteiger partial charge in [-0.15, -0.1) is 0 Å². The Morgan fingerprint density at radius 1 is 1.14 bits per heavy atom. The molecule has 9 heteroatoms. The van der Waals surface area contributed by atoms with E-state index in [-0.39, 0.29) is 16.2 Å². The van der Waals surface area contributed by atoms with Gasteiger partial charge >= 0.3 is 0 Å². The summed E-state index contributed by atoms with van der Waals surface area (Å²) in [5.74, 6) is 1.38. The Hall–Kier alpha value is -2.75. The molecule has 1 atom stereocenters. The van der Waals surface area contributed by atoms with Crippen molar-refractivity contribution in [1.82, 2.24) is 14.3 Å². The standard InChI is InChI=1S/C27H36N4O4S/c1-18(30-36(33,34)23-9-7-22(8-10-23)28-19(2)32)21-6-11-25-24(16-21)29-26(27(3,4)5)31(25)17-20-12-14-35-15-13-20/h6-11,16,18,20,30H,12-15,17H2,1-5H3,(H,28,32). The summed E-state index contributed by atoms with van der Waals surface area (Å²) in [6.07, 6.45) is 2.10. The molecule has 1 saturated heterocycles. The zero-order chi connectivity index (χ0) is 26.1. The van der Waals surface area contributed by atoms with Crippen LogP contribution in [0.3, 0.4) is 0 Å². The maximum absolute atomic E-state index is 13.0. The molecule has 0 bridgehead atoms. The van der Waals surface area contributed by atoms with Crippen molar-refractivity contribution >= 4 is 32.7 Å². The number of nitrogens with one attached hydrogen (secondary N) is 2. The highest BCUT2D eigenvalue weighted by atomic mass is 32.2. The average Bonchev–Trinajstić information content (AvgIpc) is 3.17. The van der Waals surface area contributed by atoms with E-state index in [0.717, 1.165) is 55.0 Å². The van der Waals surface area contributed by atoms with Crippen LogP contribution in [-0.4, -0.2) is 37.1 Å². The largest absolute Gasteiger partial charge is 0.381 e. The number of nitrogens with zero attached hydrogens (tertiary/aromatic N) is 2. The molecule has 1 aliphatic heterocycles. The summed E-state index contributed by atoms with van der Waals surface area (Å²) in [4.78, 5) is 16.4. The number of benzene rings is 2. The van der Waals surface area contributed by atoms with Crippen LogP contribution in [0, 0.1) is 5.92 Å². The number of imidazole rings is 1. The van der Waals surface area contributed by atoms with Crippen molar-refractivity contribution in [3.05, 3.63) is 53.9 Å². The summed E-state index contributed by atoms with van der Waals surface area (Å²) in [5, 5.41) is 2.64. The lowest BCUT2D eigenvalue weighted by molar-refractivity contribution is -0.114. The second kappa shape index (κ2) is 10.3. The third-order valence-corrected chi connectivity index (χ3v) is 8.10. The molecule has 1 aromatic heterocycles. The summed E-state index contributed by atoms with van der Waals surface area (Å²) in [6, 6.07) is 11.7. The van der Waals surface area contributed by atoms with Crippen molar-refractivity contribution < 1.29 is 17.9 Å². The topological polar surface area (TPSA) is 102 Å². The van der Waals surface area contributed by atoms with Gasteiger partial charge < -0.3 is 14.6 Å². The van der Waals surface area contributed by atoms with Crippen molar-refractivity contribution in [3.8, 4) is 0 Å². The molecule has 194 valence electrons. The van der Waals surface area contributed by atoms with E-state index in [0.29, 0.717) is 11.6 Å². The number of rotatable bonds is 7. The molecule has 1 fully saturated rings. The molecule has 1 aliphatic rings. The van der Waals surface area contributed by atoms with Gasteiger partial charge in [0.2, 0.25) is 15.9 Å². The molecule has 2 N–H and O–H groups in total. The van der Waals surface area contributed by atoms with Crippen LogP contribution in [0.1, 0.15) is 64.9 Å². The predicted octanol–water partition coefficient (Wildman–Crippen LogP) is 4.76. The summed E-state index contributed by atoms with van der Waals surface area (Å²) < 4.78 is 36.6. The maximum atomic E-state index is 13.0. The SMILES string of the molecule is CC(=O)Nc1ccc(S(=O)(=O)NC(C)c2ccc3c(c2)nc(C(C)(C)C)n3CC2CCOCC2)cc1. The molecule has 2 aromatic carbocycles. The van der Waals surface area contributed by atoms with Gasteiger partial charge in [-0.3, -0.25) is 4.79 Å². The Balaban J connectivity index is 1.58. The first-order chi connectivity index (χ1) is 16.9. The third kappa shape index (κ3) is 5.96. The number of sulfonamides is 1. The first-order valence-electron chi connectivity index (χ1n) is 12.4. The number of amides is 1. The lowest BCUT2D eigenvalue weighted by Crippen LogP contribution is -2.27. The highest BCUT2D eigenvalue weighted by Gasteiger charge is 2.26. The molecule has 0 saturated carbocycles. The van der Waals surface area contributed by atoms with Crippen molar-refractivity contribution in [2.45, 2.75) is 70.4 Å². The maximum Gasteiger partial charge on any atom is 0.241 e. The van der Waals surface area contributed by atoms with E-state index in [1.54, 1.807) is 12.1 Å². The van der Waals surface area contributed by atoms with Crippen LogP contribution in [-0.2, 0) is 31.5 Å². The minimum atomic E-state index is -3.75. The van der Waals surface area contributed by atoms with Crippen LogP contribution in [0.2, 0.25) is 0 Å². The van der Waals surface area contributed by atoms with Gasteiger partial charge in [-0.25, -0.2) is 18.1 Å². The van der Waals surface area contributed by atoms with Crippen molar-refractivity contribution in [2.24, 2.45) is 5.92 Å². The fraction of sp³-hybridized carbons (Fsp3) is 0.481. The van der Waals surface area contributed by atoms with Gasteiger partial charge in [0.1, 0.15) is 5.82 Å². The first kappa shape index (κ1) is 26.3. The summed E-state index contributed by atoms with van der Waals surface area (Å²) in [7, 11) is -3.75. The van der Waals surface area contributed by atoms with Crippen LogP contribution >= 0.6 is 0 Å². The second-order valence-electron chi connectivity index (χ2n) is 10.6. The Labute approximate surface area is 213 Å². The van der Waals surface area contributed by atoms with Crippen LogP contribution in [0.5, 0.6) is 0 Å². The normalized spacial score (nSPS) is 16.2. The third-order valence-electron chi connectivity index (χ3n) is 6.54. The van der Waals surface area contributed by atoms with E-state index in [2.05, 4.69) is 41.4 Å². The molecule has 1 unspecified atom stereocenters. The van der Waals surface area contributed by atoms with Crippen molar-refractivity contribution in [1.29, 1.82) is 0 Å². The van der Waals surface area contributed by atoms with E-state index in [4.69, 9.17) is 9.72 Å². The van der Waals surface area contributed by atoms with E-state index in [1.807, 2.05) is 19.1 Å². The number of carbonyl (C=O) groups is 1. The zero-order valence-corrected chi connectivity index (χ0v) is 22.5. The number of fused-ring (bicyclic) bond motifs is 1. The summed E-state index contributed by atoms with van der Waals surface area (Å²) >= 11 is 0. The Kier molecular flexibility index (Phi) is 7.54. The highest BCUT2D eigenvalue weighted by molar-refractivity contribution is 7.89. The monoisotopic (exact) mass is 512 g/mol. The highest BCUT2D eigenvalue weighted by Crippen LogP contribution is 2.31. The number of anilines is 1. The van der Waals surface area contributed by atoms with E-state index >= 15 is 0 Å². The van der Waals surface area contributed by atoms with Gasteiger partial charge in [0, 0.05) is 43.8 Å². The van der Waals surface area contributed by atoms with Gasteiger partial charge in [-0.1, -0.05) is 26.8 Å². The van der Waals surface area contributed by atoms with E-state index in [9.17, 15) is 13.2 Å². The smallest absolute Gasteiger partial charge is 0.241 e. The molecule has 1 amide bonds. The molecule has 0 spiro atoms. The molecule has 8 nitrogen and oxygen atoms in total.